The highest BCUT2D eigenvalue weighted by molar-refractivity contribution is 5.34. The van der Waals surface area contributed by atoms with Crippen LogP contribution in [0.15, 0.2) is 48.5 Å². The highest BCUT2D eigenvalue weighted by Crippen LogP contribution is 2.14. The molecule has 2 rings (SSSR count). The normalized spacial score (nSPS) is 10.9. The third kappa shape index (κ3) is 7.39. The van der Waals surface area contributed by atoms with Crippen molar-refractivity contribution < 1.29 is 19.3 Å². The first-order valence-electron chi connectivity index (χ1n) is 8.76. The molecule has 2 aromatic carbocycles. The first-order chi connectivity index (χ1) is 13.5. The predicted octanol–water partition coefficient (Wildman–Crippen LogP) is 3.17. The zero-order valence-corrected chi connectivity index (χ0v) is 15.7. The second-order valence-electron chi connectivity index (χ2n) is 6.26. The van der Waals surface area contributed by atoms with Crippen LogP contribution in [-0.2, 0) is 22.7 Å². The smallest absolute Gasteiger partial charge is 0.269 e. The fraction of sp³-hybridized carbons (Fsp3) is 0.368. The Bertz CT molecular complexity index is 733. The van der Waals surface area contributed by atoms with Gasteiger partial charge in [0.25, 0.3) is 11.4 Å². The van der Waals surface area contributed by atoms with Crippen molar-refractivity contribution in [3.8, 4) is 0 Å². The molecule has 0 atom stereocenters. The minimum Gasteiger partial charge on any atom is -0.375 e. The summed E-state index contributed by atoms with van der Waals surface area (Å²) < 4.78 is 11.1. The van der Waals surface area contributed by atoms with E-state index in [0.29, 0.717) is 39.5 Å². The van der Waals surface area contributed by atoms with Gasteiger partial charge in [0.1, 0.15) is 0 Å². The molecule has 0 aliphatic heterocycles. The Kier molecular flexibility index (Phi) is 8.47. The molecule has 0 aliphatic rings. The molecule has 9 heteroatoms. The molecule has 0 aliphatic carbocycles. The number of ether oxygens (including phenoxy) is 2. The molecule has 0 saturated carbocycles. The van der Waals surface area contributed by atoms with Gasteiger partial charge >= 0.3 is 0 Å². The number of benzene rings is 2. The molecule has 0 aromatic heterocycles. The largest absolute Gasteiger partial charge is 0.375 e. The number of nitro benzene ring substituents is 2. The third-order valence-electron chi connectivity index (χ3n) is 4.01. The standard InChI is InChI=1S/C19H23N3O6/c1-20(8-10-27-14-16-4-2-6-18(12-16)21(23)24)9-11-28-15-17-5-3-7-19(13-17)22(25)26/h2-7,12-13H,8-11,14-15H2,1H3. The van der Waals surface area contributed by atoms with Crippen LogP contribution in [0.25, 0.3) is 0 Å². The molecule has 0 heterocycles. The van der Waals surface area contributed by atoms with E-state index in [4.69, 9.17) is 9.47 Å². The number of hydrogen-bond donors (Lipinski definition) is 0. The summed E-state index contributed by atoms with van der Waals surface area (Å²) in [6.45, 7) is 3.00. The molecule has 0 saturated heterocycles. The predicted molar refractivity (Wildman–Crippen MR) is 103 cm³/mol. The highest BCUT2D eigenvalue weighted by atomic mass is 16.6. The van der Waals surface area contributed by atoms with Gasteiger partial charge in [0.05, 0.1) is 36.3 Å². The summed E-state index contributed by atoms with van der Waals surface area (Å²) in [7, 11) is 1.94. The van der Waals surface area contributed by atoms with Gasteiger partial charge in [-0.3, -0.25) is 20.2 Å². The fourth-order valence-corrected chi connectivity index (χ4v) is 2.45. The molecular formula is C19H23N3O6. The van der Waals surface area contributed by atoms with Gasteiger partial charge in [-0.1, -0.05) is 24.3 Å². The highest BCUT2D eigenvalue weighted by Gasteiger charge is 2.07. The topological polar surface area (TPSA) is 108 Å². The summed E-state index contributed by atoms with van der Waals surface area (Å²) in [5.74, 6) is 0. The van der Waals surface area contributed by atoms with Gasteiger partial charge < -0.3 is 14.4 Å². The van der Waals surface area contributed by atoms with Crippen LogP contribution in [-0.4, -0.2) is 48.1 Å². The van der Waals surface area contributed by atoms with Gasteiger partial charge in [-0.15, -0.1) is 0 Å². The quantitative estimate of drug-likeness (QED) is 0.312. The lowest BCUT2D eigenvalue weighted by molar-refractivity contribution is -0.385. The van der Waals surface area contributed by atoms with Crippen molar-refractivity contribution in [2.75, 3.05) is 33.4 Å². The molecule has 0 amide bonds. The summed E-state index contributed by atoms with van der Waals surface area (Å²) >= 11 is 0. The Labute approximate surface area is 162 Å². The van der Waals surface area contributed by atoms with Crippen LogP contribution in [0.5, 0.6) is 0 Å². The van der Waals surface area contributed by atoms with Gasteiger partial charge in [0, 0.05) is 37.4 Å². The molecular weight excluding hydrogens is 366 g/mol. The molecule has 0 N–H and O–H groups in total. The summed E-state index contributed by atoms with van der Waals surface area (Å²) in [6, 6.07) is 12.8. The number of hydrogen-bond acceptors (Lipinski definition) is 7. The van der Waals surface area contributed by atoms with Gasteiger partial charge in [-0.05, 0) is 18.2 Å². The molecule has 0 bridgehead atoms. The maximum Gasteiger partial charge on any atom is 0.269 e. The van der Waals surface area contributed by atoms with Crippen LogP contribution in [0.3, 0.4) is 0 Å². The van der Waals surface area contributed by atoms with Crippen LogP contribution in [0.1, 0.15) is 11.1 Å². The van der Waals surface area contributed by atoms with Crippen molar-refractivity contribution in [1.82, 2.24) is 4.90 Å². The van der Waals surface area contributed by atoms with Gasteiger partial charge in [-0.25, -0.2) is 0 Å². The molecule has 0 fully saturated rings. The van der Waals surface area contributed by atoms with Crippen LogP contribution in [0.4, 0.5) is 11.4 Å². The number of rotatable bonds is 12. The molecule has 2 aromatic rings. The molecule has 150 valence electrons. The minimum absolute atomic E-state index is 0.0547. The summed E-state index contributed by atoms with van der Waals surface area (Å²) in [5.41, 5.74) is 1.63. The van der Waals surface area contributed by atoms with E-state index in [0.717, 1.165) is 11.1 Å². The van der Waals surface area contributed by atoms with Crippen LogP contribution < -0.4 is 0 Å². The van der Waals surface area contributed by atoms with E-state index < -0.39 is 9.85 Å². The van der Waals surface area contributed by atoms with Crippen LogP contribution in [0, 0.1) is 20.2 Å². The SMILES string of the molecule is CN(CCOCc1cccc([N+](=O)[O-])c1)CCOCc1cccc([N+](=O)[O-])c1. The Balaban J connectivity index is 1.59. The lowest BCUT2D eigenvalue weighted by Gasteiger charge is -2.16. The zero-order valence-electron chi connectivity index (χ0n) is 15.7. The van der Waals surface area contributed by atoms with E-state index in [9.17, 15) is 20.2 Å². The molecule has 0 radical (unpaired) electrons. The van der Waals surface area contributed by atoms with E-state index >= 15 is 0 Å². The van der Waals surface area contributed by atoms with E-state index in [-0.39, 0.29) is 11.4 Å². The molecule has 28 heavy (non-hydrogen) atoms. The molecule has 0 unspecified atom stereocenters. The van der Waals surface area contributed by atoms with Crippen molar-refractivity contribution >= 4 is 11.4 Å². The lowest BCUT2D eigenvalue weighted by atomic mass is 10.2. The first kappa shape index (κ1) is 21.4. The monoisotopic (exact) mass is 389 g/mol. The lowest BCUT2D eigenvalue weighted by Crippen LogP contribution is -2.27. The van der Waals surface area contributed by atoms with Crippen molar-refractivity contribution in [2.45, 2.75) is 13.2 Å². The van der Waals surface area contributed by atoms with Gasteiger partial charge in [-0.2, -0.15) is 0 Å². The third-order valence-corrected chi connectivity index (χ3v) is 4.01. The average molecular weight is 389 g/mol. The second kappa shape index (κ2) is 11.1. The maximum atomic E-state index is 10.8. The maximum absolute atomic E-state index is 10.8. The second-order valence-corrected chi connectivity index (χ2v) is 6.26. The molecule has 9 nitrogen and oxygen atoms in total. The van der Waals surface area contributed by atoms with E-state index in [2.05, 4.69) is 0 Å². The number of nitro groups is 2. The number of nitrogens with zero attached hydrogens (tertiary/aromatic N) is 3. The Morgan fingerprint density at radius 1 is 0.821 bits per heavy atom. The summed E-state index contributed by atoms with van der Waals surface area (Å²) in [6.07, 6.45) is 0. The summed E-state index contributed by atoms with van der Waals surface area (Å²) in [4.78, 5) is 22.7. The van der Waals surface area contributed by atoms with Crippen LogP contribution in [0.2, 0.25) is 0 Å². The Morgan fingerprint density at radius 2 is 1.25 bits per heavy atom. The minimum atomic E-state index is -0.426. The fourth-order valence-electron chi connectivity index (χ4n) is 2.45. The van der Waals surface area contributed by atoms with Gasteiger partial charge in [0.2, 0.25) is 0 Å². The average Bonchev–Trinajstić information content (AvgIpc) is 2.69. The van der Waals surface area contributed by atoms with E-state index in [1.807, 2.05) is 11.9 Å². The van der Waals surface area contributed by atoms with Crippen LogP contribution >= 0.6 is 0 Å². The van der Waals surface area contributed by atoms with Gasteiger partial charge in [0.15, 0.2) is 0 Å². The van der Waals surface area contributed by atoms with Crippen molar-refractivity contribution in [3.63, 3.8) is 0 Å². The zero-order chi connectivity index (χ0) is 20.4. The Hall–Kier alpha value is -2.88. The first-order valence-corrected chi connectivity index (χ1v) is 8.76. The van der Waals surface area contributed by atoms with Crippen molar-refractivity contribution in [3.05, 3.63) is 79.9 Å². The number of non-ortho nitro benzene ring substituents is 2. The van der Waals surface area contributed by atoms with Crippen molar-refractivity contribution in [1.29, 1.82) is 0 Å². The Morgan fingerprint density at radius 3 is 1.64 bits per heavy atom. The summed E-state index contributed by atoms with van der Waals surface area (Å²) in [5, 5.41) is 21.5. The number of likely N-dealkylation sites (N-methyl/N-ethyl adjacent to an activating group) is 1. The van der Waals surface area contributed by atoms with E-state index in [1.165, 1.54) is 24.3 Å². The van der Waals surface area contributed by atoms with Crippen molar-refractivity contribution in [2.24, 2.45) is 0 Å². The molecule has 0 spiro atoms. The van der Waals surface area contributed by atoms with E-state index in [1.54, 1.807) is 24.3 Å².